The predicted octanol–water partition coefficient (Wildman–Crippen LogP) is 1.83. The van der Waals surface area contributed by atoms with Crippen LogP contribution in [-0.4, -0.2) is 69.7 Å². The number of phenolic OH excluding ortho intramolecular Hbond substituents is 5. The van der Waals surface area contributed by atoms with Crippen LogP contribution >= 0.6 is 0 Å². The Labute approximate surface area is 237 Å². The normalized spacial score (nSPS) is 32.6. The number of carbonyl (C=O) groups is 1. The zero-order valence-corrected chi connectivity index (χ0v) is 21.6. The largest absolute Gasteiger partial charge is 0.512 e. The zero-order valence-electron chi connectivity index (χ0n) is 21.6. The molecule has 1 fully saturated rings. The summed E-state index contributed by atoms with van der Waals surface area (Å²) in [7, 11) is 0. The maximum absolute atomic E-state index is 13.3. The first kappa shape index (κ1) is 26.3. The summed E-state index contributed by atoms with van der Waals surface area (Å²) in [6.45, 7) is 0. The van der Waals surface area contributed by atoms with Gasteiger partial charge in [-0.3, -0.25) is 4.79 Å². The molecule has 12 heteroatoms. The van der Waals surface area contributed by atoms with E-state index in [0.717, 1.165) is 6.08 Å². The molecule has 12 nitrogen and oxygen atoms in total. The number of ether oxygens (including phenoxy) is 2. The Morgan fingerprint density at radius 3 is 2.07 bits per heavy atom. The molecule has 0 aromatic heterocycles. The van der Waals surface area contributed by atoms with E-state index in [1.807, 2.05) is 0 Å². The molecule has 218 valence electrons. The number of phenols is 5. The summed E-state index contributed by atoms with van der Waals surface area (Å²) in [4.78, 5) is 13.3. The van der Waals surface area contributed by atoms with Crippen LogP contribution in [0.1, 0.15) is 40.2 Å². The van der Waals surface area contributed by atoms with Crippen molar-refractivity contribution in [2.45, 2.75) is 42.4 Å². The number of carbonyl (C=O) groups excluding carboxylic acids is 1. The van der Waals surface area contributed by atoms with Gasteiger partial charge < -0.3 is 55.4 Å². The Kier molecular flexibility index (Phi) is 5.43. The Morgan fingerprint density at radius 2 is 1.40 bits per heavy atom. The molecule has 7 rings (SSSR count). The molecule has 8 atom stereocenters. The first-order valence-corrected chi connectivity index (χ1v) is 13.2. The molecule has 3 aromatic rings. The Balaban J connectivity index is 1.43. The molecule has 0 saturated heterocycles. The molecule has 4 bridgehead atoms. The fourth-order valence-electron chi connectivity index (χ4n) is 7.15. The Morgan fingerprint density at radius 1 is 0.762 bits per heavy atom. The third-order valence-electron chi connectivity index (χ3n) is 8.95. The summed E-state index contributed by atoms with van der Waals surface area (Å²) in [5.74, 6) is -11.0. The molecule has 42 heavy (non-hydrogen) atoms. The van der Waals surface area contributed by atoms with Gasteiger partial charge in [-0.05, 0) is 35.4 Å². The third kappa shape index (κ3) is 3.43. The van der Waals surface area contributed by atoms with Crippen LogP contribution in [0.15, 0.2) is 54.3 Å². The van der Waals surface area contributed by atoms with E-state index in [9.17, 15) is 50.8 Å². The van der Waals surface area contributed by atoms with Crippen LogP contribution in [0, 0.1) is 11.8 Å². The van der Waals surface area contributed by atoms with Gasteiger partial charge in [0.25, 0.3) is 0 Å². The standard InChI is InChI=1S/C30H26O12/c31-13-3-1-10(5-16(13)34)22-25-18(36)8-19(37)26-24(27(22)39)23-21(42-30(25,26)40)9-15(33)12-7-20(38)28(41-29(12)23)11-2-4-14(32)17(35)6-11/h1-6,8-9,20,22,24-28,31-36,38-40H,7H2/t20-,22-,24-,25-,26+,27+,28+,30?/m0/s1. The van der Waals surface area contributed by atoms with Gasteiger partial charge in [0.05, 0.1) is 24.0 Å². The number of hydrogen-bond donors (Lipinski definition) is 9. The highest BCUT2D eigenvalue weighted by Crippen LogP contribution is 2.65. The molecule has 0 spiro atoms. The smallest absolute Gasteiger partial charge is 0.229 e. The van der Waals surface area contributed by atoms with E-state index in [2.05, 4.69) is 0 Å². The van der Waals surface area contributed by atoms with Crippen molar-refractivity contribution in [1.29, 1.82) is 0 Å². The highest BCUT2D eigenvalue weighted by molar-refractivity contribution is 5.96. The fraction of sp³-hybridized carbons (Fsp3) is 0.300. The van der Waals surface area contributed by atoms with Crippen molar-refractivity contribution in [2.24, 2.45) is 11.8 Å². The molecule has 2 heterocycles. The first-order valence-electron chi connectivity index (χ1n) is 13.2. The molecule has 2 aliphatic heterocycles. The van der Waals surface area contributed by atoms with Gasteiger partial charge in [0.2, 0.25) is 5.79 Å². The lowest BCUT2D eigenvalue weighted by atomic mass is 9.54. The molecule has 1 saturated carbocycles. The molecular formula is C30H26O12. The first-order chi connectivity index (χ1) is 19.9. The molecule has 9 N–H and O–H groups in total. The monoisotopic (exact) mass is 578 g/mol. The van der Waals surface area contributed by atoms with Gasteiger partial charge in [-0.1, -0.05) is 12.1 Å². The second kappa shape index (κ2) is 8.68. The van der Waals surface area contributed by atoms with Crippen LogP contribution in [0.4, 0.5) is 0 Å². The van der Waals surface area contributed by atoms with E-state index in [1.54, 1.807) is 0 Å². The van der Waals surface area contributed by atoms with Crippen LogP contribution in [-0.2, 0) is 11.2 Å². The predicted molar refractivity (Wildman–Crippen MR) is 140 cm³/mol. The minimum Gasteiger partial charge on any atom is -0.512 e. The van der Waals surface area contributed by atoms with Crippen LogP contribution in [0.5, 0.6) is 40.2 Å². The summed E-state index contributed by atoms with van der Waals surface area (Å²) < 4.78 is 12.3. The number of rotatable bonds is 2. The van der Waals surface area contributed by atoms with Gasteiger partial charge in [0.15, 0.2) is 28.8 Å². The highest BCUT2D eigenvalue weighted by Gasteiger charge is 2.69. The lowest BCUT2D eigenvalue weighted by Gasteiger charge is -2.58. The van der Waals surface area contributed by atoms with Crippen molar-refractivity contribution in [2.75, 3.05) is 0 Å². The number of ketones is 1. The van der Waals surface area contributed by atoms with Gasteiger partial charge in [-0.15, -0.1) is 0 Å². The van der Waals surface area contributed by atoms with Crippen LogP contribution in [0.3, 0.4) is 0 Å². The zero-order chi connectivity index (χ0) is 29.8. The van der Waals surface area contributed by atoms with E-state index < -0.39 is 76.6 Å². The molecule has 2 aliphatic carbocycles. The van der Waals surface area contributed by atoms with E-state index in [-0.39, 0.29) is 51.7 Å². The Bertz CT molecular complexity index is 1700. The fourth-order valence-corrected chi connectivity index (χ4v) is 7.15. The second-order valence-electron chi connectivity index (χ2n) is 11.2. The molecular weight excluding hydrogens is 552 g/mol. The quantitative estimate of drug-likeness (QED) is 0.199. The van der Waals surface area contributed by atoms with Gasteiger partial charge in [0, 0.05) is 41.5 Å². The van der Waals surface area contributed by atoms with Crippen LogP contribution < -0.4 is 9.47 Å². The van der Waals surface area contributed by atoms with Crippen molar-refractivity contribution >= 4 is 5.78 Å². The summed E-state index contributed by atoms with van der Waals surface area (Å²) >= 11 is 0. The van der Waals surface area contributed by atoms with E-state index in [0.29, 0.717) is 0 Å². The summed E-state index contributed by atoms with van der Waals surface area (Å²) in [6, 6.07) is 8.83. The minimum atomic E-state index is -2.39. The maximum Gasteiger partial charge on any atom is 0.229 e. The van der Waals surface area contributed by atoms with Crippen molar-refractivity contribution in [3.8, 4) is 40.2 Å². The number of hydrogen-bond acceptors (Lipinski definition) is 12. The molecule has 4 aliphatic rings. The summed E-state index contributed by atoms with van der Waals surface area (Å²) in [6.07, 6.45) is -2.99. The number of aliphatic hydroxyl groups is 4. The average Bonchev–Trinajstić information content (AvgIpc) is 2.92. The lowest BCUT2D eigenvalue weighted by Crippen LogP contribution is -2.67. The van der Waals surface area contributed by atoms with Crippen LogP contribution in [0.25, 0.3) is 0 Å². The van der Waals surface area contributed by atoms with Crippen molar-refractivity contribution in [3.05, 3.63) is 76.6 Å². The summed E-state index contributed by atoms with van der Waals surface area (Å²) in [5, 5.41) is 96.5. The molecule has 0 radical (unpaired) electrons. The average molecular weight is 579 g/mol. The van der Waals surface area contributed by atoms with Gasteiger partial charge in [-0.2, -0.15) is 0 Å². The highest BCUT2D eigenvalue weighted by atomic mass is 16.6. The summed E-state index contributed by atoms with van der Waals surface area (Å²) in [5.41, 5.74) is 0.813. The topological polar surface area (TPSA) is 218 Å². The lowest BCUT2D eigenvalue weighted by molar-refractivity contribution is -0.261. The van der Waals surface area contributed by atoms with Crippen molar-refractivity contribution < 1.29 is 60.2 Å². The van der Waals surface area contributed by atoms with Crippen molar-refractivity contribution in [1.82, 2.24) is 0 Å². The van der Waals surface area contributed by atoms with E-state index in [4.69, 9.17) is 9.47 Å². The number of benzene rings is 3. The molecule has 3 aromatic carbocycles. The second-order valence-corrected chi connectivity index (χ2v) is 11.2. The SMILES string of the molecule is O=C1C=C(O)[C@H]2[C@H](c3ccc(O)c(O)c3)[C@@H](O)[C@H]3c4c(cc(O)c5c4O[C@H](c4ccc(O)c(O)c4)[C@@H](O)C5)OC2(O)[C@H]13. The molecule has 0 amide bonds. The Hall–Kier alpha value is -4.65. The molecule has 1 unspecified atom stereocenters. The number of aromatic hydroxyl groups is 5. The van der Waals surface area contributed by atoms with E-state index >= 15 is 0 Å². The number of allylic oxidation sites excluding steroid dienone is 1. The van der Waals surface area contributed by atoms with Gasteiger partial charge >= 0.3 is 0 Å². The number of aliphatic hydroxyl groups excluding tert-OH is 3. The number of fused-ring (bicyclic) bond motifs is 4. The maximum atomic E-state index is 13.3. The third-order valence-corrected chi connectivity index (χ3v) is 8.95. The van der Waals surface area contributed by atoms with Crippen LogP contribution in [0.2, 0.25) is 0 Å². The van der Waals surface area contributed by atoms with Gasteiger partial charge in [0.1, 0.15) is 29.1 Å². The van der Waals surface area contributed by atoms with E-state index in [1.165, 1.54) is 42.5 Å². The van der Waals surface area contributed by atoms with Gasteiger partial charge in [-0.25, -0.2) is 0 Å². The van der Waals surface area contributed by atoms with Crippen molar-refractivity contribution in [3.63, 3.8) is 0 Å². The minimum absolute atomic E-state index is 0.00343.